The van der Waals surface area contributed by atoms with E-state index in [0.717, 1.165) is 22.0 Å². The molecule has 4 amide bonds. The van der Waals surface area contributed by atoms with Crippen molar-refractivity contribution in [2.75, 3.05) is 18.1 Å². The van der Waals surface area contributed by atoms with Gasteiger partial charge in [0.15, 0.2) is 0 Å². The predicted molar refractivity (Wildman–Crippen MR) is 138 cm³/mol. The van der Waals surface area contributed by atoms with Gasteiger partial charge in [-0.3, -0.25) is 14.9 Å². The maximum absolute atomic E-state index is 13.3. The van der Waals surface area contributed by atoms with Gasteiger partial charge < -0.3 is 14.0 Å². The summed E-state index contributed by atoms with van der Waals surface area (Å²) in [5.74, 6) is -1.32. The summed E-state index contributed by atoms with van der Waals surface area (Å²) in [5.41, 5.74) is 3.48. The van der Waals surface area contributed by atoms with Gasteiger partial charge in [-0.1, -0.05) is 6.07 Å². The number of ether oxygens (including phenoxy) is 2. The Labute approximate surface area is 214 Å². The van der Waals surface area contributed by atoms with Crippen LogP contribution in [0.2, 0.25) is 0 Å². The summed E-state index contributed by atoms with van der Waals surface area (Å²) in [6.07, 6.45) is 1.47. The number of esters is 1. The van der Waals surface area contributed by atoms with Crippen molar-refractivity contribution in [1.29, 1.82) is 0 Å². The molecule has 190 valence electrons. The molecule has 37 heavy (non-hydrogen) atoms. The Bertz CT molecular complexity index is 1420. The zero-order valence-corrected chi connectivity index (χ0v) is 21.0. The van der Waals surface area contributed by atoms with Gasteiger partial charge >= 0.3 is 12.0 Å². The van der Waals surface area contributed by atoms with Crippen LogP contribution in [0.25, 0.3) is 11.8 Å². The molecule has 0 spiro atoms. The monoisotopic (exact) mass is 501 g/mol. The molecule has 9 nitrogen and oxygen atoms in total. The highest BCUT2D eigenvalue weighted by molar-refractivity contribution is 6.39. The van der Waals surface area contributed by atoms with Crippen molar-refractivity contribution in [3.05, 3.63) is 82.7 Å². The Hall–Kier alpha value is -4.66. The number of nitrogens with zero attached hydrogens (tertiary/aromatic N) is 2. The fraction of sp³-hybridized carbons (Fsp3) is 0.214. The largest absolute Gasteiger partial charge is 0.494 e. The number of rotatable bonds is 7. The van der Waals surface area contributed by atoms with Gasteiger partial charge in [-0.2, -0.15) is 0 Å². The number of hydrogen-bond donors (Lipinski definition) is 1. The van der Waals surface area contributed by atoms with E-state index in [2.05, 4.69) is 5.32 Å². The average molecular weight is 502 g/mol. The number of urea groups is 1. The zero-order valence-electron chi connectivity index (χ0n) is 21.0. The van der Waals surface area contributed by atoms with E-state index in [4.69, 9.17) is 9.47 Å². The normalized spacial score (nSPS) is 14.6. The molecule has 0 radical (unpaired) electrons. The van der Waals surface area contributed by atoms with Crippen molar-refractivity contribution in [3.63, 3.8) is 0 Å². The highest BCUT2D eigenvalue weighted by Crippen LogP contribution is 2.27. The summed E-state index contributed by atoms with van der Waals surface area (Å²) in [7, 11) is 0. The van der Waals surface area contributed by atoms with E-state index in [-0.39, 0.29) is 12.2 Å². The molecule has 9 heteroatoms. The van der Waals surface area contributed by atoms with E-state index >= 15 is 0 Å². The van der Waals surface area contributed by atoms with Crippen LogP contribution in [0.3, 0.4) is 0 Å². The molecule has 2 heterocycles. The fourth-order valence-corrected chi connectivity index (χ4v) is 4.22. The first-order chi connectivity index (χ1) is 17.7. The third-order valence-electron chi connectivity index (χ3n) is 5.89. The van der Waals surface area contributed by atoms with Gasteiger partial charge in [0.2, 0.25) is 0 Å². The van der Waals surface area contributed by atoms with Crippen LogP contribution in [0.1, 0.15) is 41.2 Å². The van der Waals surface area contributed by atoms with Crippen LogP contribution in [0.5, 0.6) is 5.75 Å². The summed E-state index contributed by atoms with van der Waals surface area (Å²) in [5, 5.41) is 2.24. The van der Waals surface area contributed by atoms with E-state index < -0.39 is 23.8 Å². The van der Waals surface area contributed by atoms with Crippen molar-refractivity contribution >= 4 is 35.6 Å². The van der Waals surface area contributed by atoms with Crippen LogP contribution < -0.4 is 15.0 Å². The topological polar surface area (TPSA) is 107 Å². The second-order valence-corrected chi connectivity index (χ2v) is 8.32. The van der Waals surface area contributed by atoms with Crippen molar-refractivity contribution in [2.24, 2.45) is 0 Å². The van der Waals surface area contributed by atoms with E-state index in [0.29, 0.717) is 29.2 Å². The van der Waals surface area contributed by atoms with Crippen LogP contribution in [-0.2, 0) is 14.3 Å². The number of amides is 4. The second kappa shape index (κ2) is 10.5. The number of carbonyl (C=O) groups is 4. The highest BCUT2D eigenvalue weighted by Gasteiger charge is 2.37. The van der Waals surface area contributed by atoms with E-state index in [1.54, 1.807) is 49.4 Å². The first-order valence-electron chi connectivity index (χ1n) is 11.9. The van der Waals surface area contributed by atoms with Crippen LogP contribution in [0.15, 0.2) is 60.2 Å². The standard InChI is InChI=1S/C28H27N3O6/c1-5-36-23-12-10-21(11-13-23)31-26(33)24(25(32)29-28(31)35)16-20-14-17(3)30(18(20)4)22-9-7-8-19(15-22)27(34)37-6-2/h7-16H,5-6H2,1-4H3,(H,29,32,35)/b24-16+. The van der Waals surface area contributed by atoms with E-state index in [1.807, 2.05) is 37.5 Å². The van der Waals surface area contributed by atoms with Gasteiger partial charge in [0.1, 0.15) is 11.3 Å². The lowest BCUT2D eigenvalue weighted by Crippen LogP contribution is -2.54. The summed E-state index contributed by atoms with van der Waals surface area (Å²) >= 11 is 0. The van der Waals surface area contributed by atoms with E-state index in [1.165, 1.54) is 6.08 Å². The fourth-order valence-electron chi connectivity index (χ4n) is 4.22. The molecule has 1 aromatic heterocycles. The lowest BCUT2D eigenvalue weighted by Gasteiger charge is -2.26. The Morgan fingerprint density at radius 2 is 1.68 bits per heavy atom. The number of carbonyl (C=O) groups excluding carboxylic acids is 4. The van der Waals surface area contributed by atoms with Crippen LogP contribution in [0, 0.1) is 13.8 Å². The number of barbiturate groups is 1. The SMILES string of the molecule is CCOC(=O)c1cccc(-n2c(C)cc(/C=C3\C(=O)NC(=O)N(c4ccc(OCC)cc4)C3=O)c2C)c1. The molecular weight excluding hydrogens is 474 g/mol. The van der Waals surface area contributed by atoms with E-state index in [9.17, 15) is 19.2 Å². The number of nitrogens with one attached hydrogen (secondary N) is 1. The lowest BCUT2D eigenvalue weighted by molar-refractivity contribution is -0.122. The third kappa shape index (κ3) is 5.02. The minimum atomic E-state index is -0.822. The second-order valence-electron chi connectivity index (χ2n) is 8.32. The first kappa shape index (κ1) is 25.4. The Morgan fingerprint density at radius 1 is 0.946 bits per heavy atom. The Kier molecular flexibility index (Phi) is 7.24. The molecule has 0 saturated carbocycles. The van der Waals surface area contributed by atoms with Crippen LogP contribution in [0.4, 0.5) is 10.5 Å². The summed E-state index contributed by atoms with van der Waals surface area (Å²) in [6.45, 7) is 8.08. The molecule has 0 atom stereocenters. The maximum Gasteiger partial charge on any atom is 0.338 e. The average Bonchev–Trinajstić information content (AvgIpc) is 3.15. The molecular formula is C28H27N3O6. The first-order valence-corrected chi connectivity index (χ1v) is 11.9. The van der Waals surface area contributed by atoms with Gasteiger partial charge in [0, 0.05) is 17.1 Å². The predicted octanol–water partition coefficient (Wildman–Crippen LogP) is 4.34. The number of anilines is 1. The van der Waals surface area contributed by atoms with Crippen LogP contribution >= 0.6 is 0 Å². The maximum atomic E-state index is 13.3. The molecule has 0 bridgehead atoms. The number of aromatic nitrogens is 1. The highest BCUT2D eigenvalue weighted by atomic mass is 16.5. The molecule has 1 aliphatic rings. The number of hydrogen-bond acceptors (Lipinski definition) is 6. The smallest absolute Gasteiger partial charge is 0.338 e. The summed E-state index contributed by atoms with van der Waals surface area (Å²) in [6, 6.07) is 14.5. The molecule has 3 aromatic rings. The minimum Gasteiger partial charge on any atom is -0.494 e. The molecule has 4 rings (SSSR count). The Balaban J connectivity index is 1.70. The minimum absolute atomic E-state index is 0.172. The number of imide groups is 2. The van der Waals surface area contributed by atoms with Gasteiger partial charge in [0.05, 0.1) is 24.5 Å². The molecule has 1 aliphatic heterocycles. The quantitative estimate of drug-likeness (QED) is 0.293. The molecule has 1 saturated heterocycles. The molecule has 1 N–H and O–H groups in total. The summed E-state index contributed by atoms with van der Waals surface area (Å²) in [4.78, 5) is 51.6. The number of aryl methyl sites for hydroxylation is 1. The summed E-state index contributed by atoms with van der Waals surface area (Å²) < 4.78 is 12.4. The van der Waals surface area contributed by atoms with Gasteiger partial charge in [-0.15, -0.1) is 0 Å². The van der Waals surface area contributed by atoms with Crippen molar-refractivity contribution < 1.29 is 28.7 Å². The van der Waals surface area contributed by atoms with Crippen molar-refractivity contribution in [2.45, 2.75) is 27.7 Å². The lowest BCUT2D eigenvalue weighted by atomic mass is 10.1. The molecule has 0 aliphatic carbocycles. The number of benzene rings is 2. The molecule has 2 aromatic carbocycles. The van der Waals surface area contributed by atoms with Crippen molar-refractivity contribution in [1.82, 2.24) is 9.88 Å². The molecule has 0 unspecified atom stereocenters. The van der Waals surface area contributed by atoms with Crippen molar-refractivity contribution in [3.8, 4) is 11.4 Å². The third-order valence-corrected chi connectivity index (χ3v) is 5.89. The van der Waals surface area contributed by atoms with Crippen LogP contribution in [-0.4, -0.2) is 41.6 Å². The van der Waals surface area contributed by atoms with Gasteiger partial charge in [-0.05, 0) is 87.9 Å². The van der Waals surface area contributed by atoms with Gasteiger partial charge in [0.25, 0.3) is 11.8 Å². The zero-order chi connectivity index (χ0) is 26.7. The van der Waals surface area contributed by atoms with Gasteiger partial charge in [-0.25, -0.2) is 14.5 Å². The Morgan fingerprint density at radius 3 is 2.35 bits per heavy atom. The molecule has 1 fully saturated rings.